The van der Waals surface area contributed by atoms with Crippen molar-refractivity contribution in [1.29, 1.82) is 0 Å². The number of thioether (sulfide) groups is 2. The van der Waals surface area contributed by atoms with E-state index in [1.165, 1.54) is 31.2 Å². The molecule has 0 atom stereocenters. The topological polar surface area (TPSA) is 25.2 Å². The summed E-state index contributed by atoms with van der Waals surface area (Å²) in [6, 6.07) is 11.9. The van der Waals surface area contributed by atoms with Gasteiger partial charge in [-0.2, -0.15) is 0 Å². The van der Waals surface area contributed by atoms with Gasteiger partial charge in [-0.15, -0.1) is 0 Å². The molecule has 0 bridgehead atoms. The Balaban J connectivity index is 1.93. The Morgan fingerprint density at radius 1 is 1.08 bits per heavy atom. The molecular weight excluding hydrogens is 356 g/mol. The van der Waals surface area contributed by atoms with Crippen LogP contribution in [0.2, 0.25) is 5.02 Å². The van der Waals surface area contributed by atoms with Crippen molar-refractivity contribution in [3.63, 3.8) is 0 Å². The van der Waals surface area contributed by atoms with Crippen LogP contribution in [0.4, 0.5) is 5.69 Å². The summed E-state index contributed by atoms with van der Waals surface area (Å²) in [5, 5.41) is 0.776. The molecule has 0 fully saturated rings. The fourth-order valence-corrected chi connectivity index (χ4v) is 4.28. The zero-order chi connectivity index (χ0) is 17.0. The molecule has 0 unspecified atom stereocenters. The molecular formula is C19H23ClN2S2. The van der Waals surface area contributed by atoms with Crippen molar-refractivity contribution >= 4 is 45.2 Å². The van der Waals surface area contributed by atoms with Crippen LogP contribution in [0.3, 0.4) is 0 Å². The third-order valence-electron chi connectivity index (χ3n) is 3.37. The highest BCUT2D eigenvalue weighted by Gasteiger charge is 2.04. The molecule has 1 aromatic carbocycles. The van der Waals surface area contributed by atoms with Crippen LogP contribution in [0.25, 0.3) is 0 Å². The Kier molecular flexibility index (Phi) is 9.32. The zero-order valence-corrected chi connectivity index (χ0v) is 16.3. The smallest absolute Gasteiger partial charge is 0.130 e. The molecule has 2 aromatic rings. The van der Waals surface area contributed by atoms with Crippen LogP contribution >= 0.6 is 35.1 Å². The van der Waals surface area contributed by atoms with Gasteiger partial charge in [-0.3, -0.25) is 4.98 Å². The van der Waals surface area contributed by atoms with Crippen LogP contribution in [-0.4, -0.2) is 15.1 Å². The number of benzene rings is 1. The van der Waals surface area contributed by atoms with Crippen LogP contribution in [0, 0.1) is 0 Å². The summed E-state index contributed by atoms with van der Waals surface area (Å²) in [5.74, 6) is 2.02. The van der Waals surface area contributed by atoms with Gasteiger partial charge in [0.15, 0.2) is 0 Å². The number of hydrogen-bond acceptors (Lipinski definition) is 4. The Hall–Kier alpha value is -0.970. The number of rotatable bonds is 8. The highest BCUT2D eigenvalue weighted by atomic mass is 35.5. The molecule has 0 aliphatic rings. The van der Waals surface area contributed by atoms with Crippen molar-refractivity contribution < 1.29 is 0 Å². The van der Waals surface area contributed by atoms with Gasteiger partial charge in [0.25, 0.3) is 0 Å². The first kappa shape index (κ1) is 19.4. The Morgan fingerprint density at radius 3 is 2.62 bits per heavy atom. The second-order valence-electron chi connectivity index (χ2n) is 5.41. The molecule has 24 heavy (non-hydrogen) atoms. The van der Waals surface area contributed by atoms with E-state index in [-0.39, 0.29) is 0 Å². The molecule has 1 aromatic heterocycles. The summed E-state index contributed by atoms with van der Waals surface area (Å²) in [4.78, 5) is 8.91. The molecule has 0 aliphatic carbocycles. The number of halogens is 1. The van der Waals surface area contributed by atoms with Crippen molar-refractivity contribution in [2.24, 2.45) is 4.99 Å². The molecule has 0 spiro atoms. The van der Waals surface area contributed by atoms with Crippen LogP contribution in [-0.2, 0) is 5.75 Å². The maximum absolute atomic E-state index is 5.95. The van der Waals surface area contributed by atoms with Gasteiger partial charge in [-0.1, -0.05) is 73.4 Å². The predicted octanol–water partition coefficient (Wildman–Crippen LogP) is 6.97. The lowest BCUT2D eigenvalue weighted by Crippen LogP contribution is -1.91. The molecule has 0 aliphatic heterocycles. The van der Waals surface area contributed by atoms with E-state index in [1.54, 1.807) is 24.2 Å². The summed E-state index contributed by atoms with van der Waals surface area (Å²) < 4.78 is 1.11. The minimum Gasteiger partial charge on any atom is -0.262 e. The van der Waals surface area contributed by atoms with E-state index in [2.05, 4.69) is 24.0 Å². The number of aliphatic imine (C=N–C) groups is 1. The number of unbranched alkanes of at least 4 members (excludes halogenated alkanes) is 3. The van der Waals surface area contributed by atoms with E-state index in [0.717, 1.165) is 26.6 Å². The average Bonchev–Trinajstić information content (AvgIpc) is 2.61. The number of aromatic nitrogens is 1. The first-order chi connectivity index (χ1) is 11.8. The predicted molar refractivity (Wildman–Crippen MR) is 111 cm³/mol. The van der Waals surface area contributed by atoms with Crippen LogP contribution in [0.5, 0.6) is 0 Å². The van der Waals surface area contributed by atoms with E-state index < -0.39 is 0 Å². The van der Waals surface area contributed by atoms with E-state index >= 15 is 0 Å². The van der Waals surface area contributed by atoms with Crippen molar-refractivity contribution in [2.45, 2.75) is 38.4 Å². The first-order valence-corrected chi connectivity index (χ1v) is 10.6. The SMILES string of the molecule is CCCCCCSC(=Nc1cccnc1)SCc1ccc(Cl)cc1. The van der Waals surface area contributed by atoms with E-state index in [1.807, 2.05) is 36.0 Å². The quantitative estimate of drug-likeness (QED) is 0.281. The third kappa shape index (κ3) is 7.73. The van der Waals surface area contributed by atoms with Crippen LogP contribution in [0.15, 0.2) is 53.8 Å². The molecule has 128 valence electrons. The minimum atomic E-state index is 0.776. The van der Waals surface area contributed by atoms with Gasteiger partial charge >= 0.3 is 0 Å². The van der Waals surface area contributed by atoms with Gasteiger partial charge in [0.05, 0.1) is 11.9 Å². The normalized spacial score (nSPS) is 11.7. The third-order valence-corrected chi connectivity index (χ3v) is 5.97. The average molecular weight is 379 g/mol. The maximum Gasteiger partial charge on any atom is 0.130 e. The molecule has 0 radical (unpaired) electrons. The Morgan fingerprint density at radius 2 is 1.92 bits per heavy atom. The van der Waals surface area contributed by atoms with Gasteiger partial charge in [0.2, 0.25) is 0 Å². The monoisotopic (exact) mass is 378 g/mol. The molecule has 0 saturated carbocycles. The van der Waals surface area contributed by atoms with Gasteiger partial charge in [0.1, 0.15) is 4.38 Å². The zero-order valence-electron chi connectivity index (χ0n) is 14.0. The van der Waals surface area contributed by atoms with Crippen molar-refractivity contribution in [1.82, 2.24) is 4.98 Å². The van der Waals surface area contributed by atoms with Gasteiger partial charge < -0.3 is 0 Å². The summed E-state index contributed by atoms with van der Waals surface area (Å²) in [7, 11) is 0. The molecule has 1 heterocycles. The first-order valence-electron chi connectivity index (χ1n) is 8.26. The summed E-state index contributed by atoms with van der Waals surface area (Å²) in [5.41, 5.74) is 2.17. The Bertz CT molecular complexity index is 615. The highest BCUT2D eigenvalue weighted by molar-refractivity contribution is 8.38. The van der Waals surface area contributed by atoms with Crippen molar-refractivity contribution in [2.75, 3.05) is 5.75 Å². The summed E-state index contributed by atoms with van der Waals surface area (Å²) in [6.45, 7) is 2.24. The molecule has 5 heteroatoms. The second-order valence-corrected chi connectivity index (χ2v) is 8.16. The number of pyridine rings is 1. The lowest BCUT2D eigenvalue weighted by Gasteiger charge is -2.07. The number of nitrogens with zero attached hydrogens (tertiary/aromatic N) is 2. The van der Waals surface area contributed by atoms with E-state index in [9.17, 15) is 0 Å². The van der Waals surface area contributed by atoms with Gasteiger partial charge in [0, 0.05) is 22.7 Å². The van der Waals surface area contributed by atoms with Crippen LogP contribution < -0.4 is 0 Å². The largest absolute Gasteiger partial charge is 0.262 e. The van der Waals surface area contributed by atoms with E-state index in [4.69, 9.17) is 16.6 Å². The molecule has 0 N–H and O–H groups in total. The van der Waals surface area contributed by atoms with Crippen molar-refractivity contribution in [3.05, 3.63) is 59.4 Å². The lowest BCUT2D eigenvalue weighted by atomic mass is 10.2. The molecule has 2 rings (SSSR count). The summed E-state index contributed by atoms with van der Waals surface area (Å²) >= 11 is 9.58. The standard InChI is InChI=1S/C19H23ClN2S2/c1-2-3-4-5-13-23-19(22-18-7-6-12-21-14-18)24-15-16-8-10-17(20)11-9-16/h6-12,14H,2-5,13,15H2,1H3. The number of hydrogen-bond donors (Lipinski definition) is 0. The fourth-order valence-electron chi connectivity index (χ4n) is 2.05. The minimum absolute atomic E-state index is 0.776. The maximum atomic E-state index is 5.95. The van der Waals surface area contributed by atoms with Crippen molar-refractivity contribution in [3.8, 4) is 0 Å². The highest BCUT2D eigenvalue weighted by Crippen LogP contribution is 2.26. The molecule has 0 saturated heterocycles. The fraction of sp³-hybridized carbons (Fsp3) is 0.368. The van der Waals surface area contributed by atoms with Gasteiger partial charge in [-0.25, -0.2) is 4.99 Å². The molecule has 0 amide bonds. The second kappa shape index (κ2) is 11.6. The van der Waals surface area contributed by atoms with Gasteiger partial charge in [-0.05, 0) is 36.2 Å². The summed E-state index contributed by atoms with van der Waals surface area (Å²) in [6.07, 6.45) is 8.70. The van der Waals surface area contributed by atoms with Crippen LogP contribution in [0.1, 0.15) is 38.2 Å². The molecule has 2 nitrogen and oxygen atoms in total. The lowest BCUT2D eigenvalue weighted by molar-refractivity contribution is 0.707. The Labute approximate surface area is 158 Å². The van der Waals surface area contributed by atoms with E-state index in [0.29, 0.717) is 0 Å².